The summed E-state index contributed by atoms with van der Waals surface area (Å²) < 4.78 is 10.3. The van der Waals surface area contributed by atoms with Crippen molar-refractivity contribution in [2.75, 3.05) is 18.6 Å². The average Bonchev–Trinajstić information content (AvgIpc) is 3.35. The van der Waals surface area contributed by atoms with Crippen LogP contribution in [0.2, 0.25) is 0 Å². The van der Waals surface area contributed by atoms with E-state index in [1.165, 1.54) is 6.26 Å². The van der Waals surface area contributed by atoms with E-state index in [1.54, 1.807) is 55.3 Å². The Kier molecular flexibility index (Phi) is 5.98. The van der Waals surface area contributed by atoms with E-state index in [2.05, 4.69) is 10.6 Å². The summed E-state index contributed by atoms with van der Waals surface area (Å²) in [5, 5.41) is 5.38. The van der Waals surface area contributed by atoms with E-state index >= 15 is 0 Å². The number of nitrogens with zero attached hydrogens (tertiary/aromatic N) is 1. The van der Waals surface area contributed by atoms with Crippen LogP contribution in [0, 0.1) is 5.92 Å². The maximum absolute atomic E-state index is 12.5. The molecule has 0 radical (unpaired) electrons. The van der Waals surface area contributed by atoms with E-state index in [4.69, 9.17) is 9.15 Å². The van der Waals surface area contributed by atoms with Crippen LogP contribution in [0.25, 0.3) is 0 Å². The smallest absolute Gasteiger partial charge is 0.242 e. The van der Waals surface area contributed by atoms with Crippen molar-refractivity contribution in [3.05, 3.63) is 48.4 Å². The van der Waals surface area contributed by atoms with Gasteiger partial charge >= 0.3 is 0 Å². The van der Waals surface area contributed by atoms with Crippen molar-refractivity contribution in [3.63, 3.8) is 0 Å². The first-order valence-corrected chi connectivity index (χ1v) is 9.03. The van der Waals surface area contributed by atoms with Gasteiger partial charge in [-0.2, -0.15) is 0 Å². The summed E-state index contributed by atoms with van der Waals surface area (Å²) in [6.07, 6.45) is 1.64. The highest BCUT2D eigenvalue weighted by Crippen LogP contribution is 2.27. The van der Waals surface area contributed by atoms with Gasteiger partial charge in [-0.1, -0.05) is 0 Å². The summed E-state index contributed by atoms with van der Waals surface area (Å²) >= 11 is 0. The number of benzene rings is 1. The molecule has 8 nitrogen and oxygen atoms in total. The summed E-state index contributed by atoms with van der Waals surface area (Å²) in [7, 11) is 1.57. The molecular weight excluding hydrogens is 362 g/mol. The molecule has 0 bridgehead atoms. The van der Waals surface area contributed by atoms with Crippen LogP contribution in [0.15, 0.2) is 47.1 Å². The first-order chi connectivity index (χ1) is 13.5. The summed E-state index contributed by atoms with van der Waals surface area (Å²) in [5.41, 5.74) is 0.713. The molecule has 0 saturated carbocycles. The molecular formula is C20H23N3O5. The third-order valence-corrected chi connectivity index (χ3v) is 4.65. The molecule has 3 rings (SSSR count). The van der Waals surface area contributed by atoms with E-state index < -0.39 is 12.0 Å². The highest BCUT2D eigenvalue weighted by atomic mass is 16.5. The van der Waals surface area contributed by atoms with E-state index in [0.717, 1.165) is 0 Å². The van der Waals surface area contributed by atoms with Crippen LogP contribution in [-0.2, 0) is 20.9 Å². The third-order valence-electron chi connectivity index (χ3n) is 4.65. The van der Waals surface area contributed by atoms with Crippen LogP contribution in [-0.4, -0.2) is 37.4 Å². The van der Waals surface area contributed by atoms with E-state index in [0.29, 0.717) is 17.2 Å². The molecule has 0 spiro atoms. The number of amides is 3. The summed E-state index contributed by atoms with van der Waals surface area (Å²) in [5.74, 6) is 0.0590. The van der Waals surface area contributed by atoms with Crippen molar-refractivity contribution in [2.24, 2.45) is 5.92 Å². The lowest BCUT2D eigenvalue weighted by Gasteiger charge is -2.18. The molecule has 0 unspecified atom stereocenters. The minimum absolute atomic E-state index is 0.110. The highest BCUT2D eigenvalue weighted by molar-refractivity contribution is 6.01. The lowest BCUT2D eigenvalue weighted by molar-refractivity contribution is -0.131. The second-order valence-electron chi connectivity index (χ2n) is 6.63. The number of carbonyl (C=O) groups is 3. The van der Waals surface area contributed by atoms with Gasteiger partial charge in [0.1, 0.15) is 17.6 Å². The zero-order chi connectivity index (χ0) is 20.1. The van der Waals surface area contributed by atoms with Crippen LogP contribution in [0.1, 0.15) is 19.1 Å². The molecule has 2 N–H and O–H groups in total. The number of nitrogens with one attached hydrogen (secondary N) is 2. The summed E-state index contributed by atoms with van der Waals surface area (Å²) in [6, 6.07) is 9.86. The van der Waals surface area contributed by atoms with Crippen LogP contribution in [0.3, 0.4) is 0 Å². The molecule has 0 aliphatic carbocycles. The van der Waals surface area contributed by atoms with E-state index in [1.807, 2.05) is 0 Å². The largest absolute Gasteiger partial charge is 0.497 e. The van der Waals surface area contributed by atoms with E-state index in [-0.39, 0.29) is 37.2 Å². The summed E-state index contributed by atoms with van der Waals surface area (Å²) in [4.78, 5) is 38.5. The fourth-order valence-corrected chi connectivity index (χ4v) is 3.03. The Balaban J connectivity index is 1.52. The van der Waals surface area contributed by atoms with Crippen molar-refractivity contribution in [1.82, 2.24) is 10.6 Å². The second kappa shape index (κ2) is 8.60. The molecule has 148 valence electrons. The molecule has 2 heterocycles. The fraction of sp³-hybridized carbons (Fsp3) is 0.350. The minimum Gasteiger partial charge on any atom is -0.497 e. The van der Waals surface area contributed by atoms with Gasteiger partial charge in [0.2, 0.25) is 17.7 Å². The van der Waals surface area contributed by atoms with Gasteiger partial charge in [0.15, 0.2) is 0 Å². The normalized spacial score (nSPS) is 17.3. The van der Waals surface area contributed by atoms with Gasteiger partial charge in [0, 0.05) is 18.7 Å². The monoisotopic (exact) mass is 385 g/mol. The number of carbonyl (C=O) groups excluding carboxylic acids is 3. The van der Waals surface area contributed by atoms with Crippen LogP contribution < -0.4 is 20.3 Å². The zero-order valence-corrected chi connectivity index (χ0v) is 15.8. The minimum atomic E-state index is -0.715. The quantitative estimate of drug-likeness (QED) is 0.752. The lowest BCUT2D eigenvalue weighted by Crippen LogP contribution is -2.46. The highest BCUT2D eigenvalue weighted by Gasteiger charge is 2.36. The predicted molar refractivity (Wildman–Crippen MR) is 102 cm³/mol. The van der Waals surface area contributed by atoms with Crippen LogP contribution >= 0.6 is 0 Å². The van der Waals surface area contributed by atoms with Gasteiger partial charge < -0.3 is 24.7 Å². The number of methoxy groups -OCH3 is 1. The molecule has 1 saturated heterocycles. The standard InChI is InChI=1S/C20H23N3O5/c1-13(19(25)21-11-17-4-3-9-28-17)22-20(26)14-10-18(24)23(12-14)15-5-7-16(27-2)8-6-15/h3-9,13-14H,10-12H2,1-2H3,(H,21,25)(H,22,26)/t13-,14-/m0/s1. The molecule has 1 aromatic carbocycles. The molecule has 1 aliphatic heterocycles. The third kappa shape index (κ3) is 4.51. The van der Waals surface area contributed by atoms with Gasteiger partial charge in [0.25, 0.3) is 0 Å². The Hall–Kier alpha value is -3.29. The first kappa shape index (κ1) is 19.5. The fourth-order valence-electron chi connectivity index (χ4n) is 3.03. The second-order valence-corrected chi connectivity index (χ2v) is 6.63. The number of hydrogen-bond donors (Lipinski definition) is 2. The lowest BCUT2D eigenvalue weighted by atomic mass is 10.1. The van der Waals surface area contributed by atoms with Gasteiger partial charge in [-0.25, -0.2) is 0 Å². The average molecular weight is 385 g/mol. The van der Waals surface area contributed by atoms with Crippen LogP contribution in [0.5, 0.6) is 5.75 Å². The molecule has 28 heavy (non-hydrogen) atoms. The maximum Gasteiger partial charge on any atom is 0.242 e. The SMILES string of the molecule is COc1ccc(N2C[C@@H](C(=O)N[C@@H](C)C(=O)NCc3ccco3)CC2=O)cc1. The molecule has 2 atom stereocenters. The van der Waals surface area contributed by atoms with Gasteiger partial charge in [0.05, 0.1) is 25.8 Å². The maximum atomic E-state index is 12.5. The molecule has 1 aromatic heterocycles. The molecule has 1 fully saturated rings. The van der Waals surface area contributed by atoms with Crippen molar-refractivity contribution in [1.29, 1.82) is 0 Å². The topological polar surface area (TPSA) is 101 Å². The van der Waals surface area contributed by atoms with Gasteiger partial charge in [-0.05, 0) is 43.3 Å². The van der Waals surface area contributed by atoms with Gasteiger partial charge in [-0.3, -0.25) is 14.4 Å². The van der Waals surface area contributed by atoms with Crippen molar-refractivity contribution in [2.45, 2.75) is 25.9 Å². The number of rotatable bonds is 7. The Bertz CT molecular complexity index is 832. The van der Waals surface area contributed by atoms with Crippen molar-refractivity contribution < 1.29 is 23.5 Å². The first-order valence-electron chi connectivity index (χ1n) is 9.03. The summed E-state index contributed by atoms with van der Waals surface area (Å²) in [6.45, 7) is 2.13. The molecule has 3 amide bonds. The Morgan fingerprint density at radius 1 is 1.29 bits per heavy atom. The molecule has 2 aromatic rings. The number of anilines is 1. The molecule has 8 heteroatoms. The number of hydrogen-bond acceptors (Lipinski definition) is 5. The van der Waals surface area contributed by atoms with E-state index in [9.17, 15) is 14.4 Å². The number of ether oxygens (including phenoxy) is 1. The van der Waals surface area contributed by atoms with Crippen molar-refractivity contribution >= 4 is 23.4 Å². The zero-order valence-electron chi connectivity index (χ0n) is 15.8. The van der Waals surface area contributed by atoms with Gasteiger partial charge in [-0.15, -0.1) is 0 Å². The Morgan fingerprint density at radius 3 is 2.68 bits per heavy atom. The number of furan rings is 1. The Labute approximate surface area is 162 Å². The van der Waals surface area contributed by atoms with Crippen LogP contribution in [0.4, 0.5) is 5.69 Å². The Morgan fingerprint density at radius 2 is 2.04 bits per heavy atom. The predicted octanol–water partition coefficient (Wildman–Crippen LogP) is 1.46. The molecule has 1 aliphatic rings. The van der Waals surface area contributed by atoms with Crippen molar-refractivity contribution in [3.8, 4) is 5.75 Å².